The highest BCUT2D eigenvalue weighted by Gasteiger charge is 2.16. The molecular formula is C36H64N8O10. The first-order chi connectivity index (χ1) is 26.1. The summed E-state index contributed by atoms with van der Waals surface area (Å²) in [5.41, 5.74) is 8.38. The second-order valence-electron chi connectivity index (χ2n) is 11.8. The number of amides is 2. The van der Waals surface area contributed by atoms with Crippen molar-refractivity contribution < 1.29 is 47.6 Å². The number of hydrogen-bond acceptors (Lipinski definition) is 13. The van der Waals surface area contributed by atoms with Gasteiger partial charge in [-0.1, -0.05) is 56.8 Å². The number of carbonyl (C=O) groups excluding carboxylic acids is 4. The van der Waals surface area contributed by atoms with Crippen molar-refractivity contribution in [3.63, 3.8) is 0 Å². The molecule has 1 rings (SSSR count). The van der Waals surface area contributed by atoms with Crippen molar-refractivity contribution in [3.05, 3.63) is 22.3 Å². The summed E-state index contributed by atoms with van der Waals surface area (Å²) in [6, 6.07) is 0. The van der Waals surface area contributed by atoms with Crippen LogP contribution in [0.5, 0.6) is 0 Å². The largest absolute Gasteiger partial charge is 0.459 e. The molecule has 0 aliphatic carbocycles. The average Bonchev–Trinajstić information content (AvgIpc) is 3.64. The number of nitrogens with zero attached hydrogens (tertiary/aromatic N) is 6. The Morgan fingerprint density at radius 3 is 1.89 bits per heavy atom. The first-order valence-corrected chi connectivity index (χ1v) is 18.4. The number of aryl methyl sites for hydroxylation is 1. The van der Waals surface area contributed by atoms with Crippen LogP contribution in [0.15, 0.2) is 11.3 Å². The van der Waals surface area contributed by atoms with E-state index in [2.05, 4.69) is 50.7 Å². The van der Waals surface area contributed by atoms with Gasteiger partial charge in [0.15, 0.2) is 6.61 Å². The van der Waals surface area contributed by atoms with Crippen molar-refractivity contribution in [1.29, 1.82) is 0 Å². The van der Waals surface area contributed by atoms with E-state index >= 15 is 0 Å². The van der Waals surface area contributed by atoms with Gasteiger partial charge in [-0.05, 0) is 31.2 Å². The Kier molecular flexibility index (Phi) is 36.9. The SMILES string of the molecule is C#CCOC(=O)CCC(C)C(=O)NCCOCCOC.CCCCN=[N+]=[N-].CCCCn1cc(COC(=O)CCC(C)C(=O)NCCOCCOC)nn1. The van der Waals surface area contributed by atoms with Gasteiger partial charge in [0, 0.05) is 70.0 Å². The molecule has 0 bridgehead atoms. The van der Waals surface area contributed by atoms with E-state index in [-0.39, 0.29) is 61.6 Å². The fraction of sp³-hybridized carbons (Fsp3) is 0.778. The van der Waals surface area contributed by atoms with E-state index in [1.807, 2.05) is 0 Å². The van der Waals surface area contributed by atoms with Crippen molar-refractivity contribution in [2.24, 2.45) is 17.0 Å². The van der Waals surface area contributed by atoms with Crippen molar-refractivity contribution in [2.75, 3.05) is 80.1 Å². The van der Waals surface area contributed by atoms with Crippen molar-refractivity contribution in [2.45, 2.75) is 92.2 Å². The van der Waals surface area contributed by atoms with Crippen molar-refractivity contribution in [3.8, 4) is 12.3 Å². The molecule has 2 atom stereocenters. The number of azide groups is 1. The zero-order valence-corrected chi connectivity index (χ0v) is 33.2. The average molecular weight is 769 g/mol. The Morgan fingerprint density at radius 2 is 1.41 bits per heavy atom. The lowest BCUT2D eigenvalue weighted by atomic mass is 10.1. The minimum atomic E-state index is -0.384. The summed E-state index contributed by atoms with van der Waals surface area (Å²) in [6.07, 6.45) is 12.2. The lowest BCUT2D eigenvalue weighted by Crippen LogP contribution is -2.32. The maximum atomic E-state index is 11.9. The molecular weight excluding hydrogens is 704 g/mol. The second kappa shape index (κ2) is 38.5. The second-order valence-corrected chi connectivity index (χ2v) is 11.8. The predicted octanol–water partition coefficient (Wildman–Crippen LogP) is 3.77. The van der Waals surface area contributed by atoms with Gasteiger partial charge in [-0.15, -0.1) is 11.5 Å². The Morgan fingerprint density at radius 1 is 0.870 bits per heavy atom. The molecule has 0 saturated heterocycles. The van der Waals surface area contributed by atoms with E-state index < -0.39 is 0 Å². The number of carbonyl (C=O) groups is 4. The van der Waals surface area contributed by atoms with E-state index in [1.54, 1.807) is 38.9 Å². The standard InChI is InChI=1S/C18H32N4O5.C14H23NO5.C4H9N3/c1-4-5-9-22-13-16(20-21-22)14-27-17(23)7-6-15(2)18(24)19-8-10-26-12-11-25-3;1-4-8-20-13(16)6-5-12(2)14(17)15-7-9-19-11-10-18-3;1-2-3-4-6-7-5/h13,15H,4-12,14H2,1-3H3,(H,19,24);1,12H,5-11H2,2-3H3,(H,15,17);2-4H2,1H3. The van der Waals surface area contributed by atoms with Crippen LogP contribution < -0.4 is 10.6 Å². The summed E-state index contributed by atoms with van der Waals surface area (Å²) < 4.78 is 31.8. The topological polar surface area (TPSA) is 227 Å². The zero-order valence-electron chi connectivity index (χ0n) is 33.2. The Labute approximate surface area is 320 Å². The molecule has 1 aromatic rings. The minimum Gasteiger partial charge on any atom is -0.459 e. The van der Waals surface area contributed by atoms with Gasteiger partial charge in [-0.2, -0.15) is 0 Å². The summed E-state index contributed by atoms with van der Waals surface area (Å²) in [5, 5.41) is 16.8. The molecule has 0 aliphatic rings. The number of hydrogen-bond donors (Lipinski definition) is 2. The smallest absolute Gasteiger partial charge is 0.306 e. The van der Waals surface area contributed by atoms with Gasteiger partial charge in [-0.25, -0.2) is 0 Å². The Hall–Kier alpha value is -4.27. The number of ether oxygens (including phenoxy) is 6. The maximum absolute atomic E-state index is 11.9. The zero-order chi connectivity index (χ0) is 40.7. The van der Waals surface area contributed by atoms with E-state index in [9.17, 15) is 19.2 Å². The van der Waals surface area contributed by atoms with Crippen LogP contribution in [-0.2, 0) is 60.8 Å². The maximum Gasteiger partial charge on any atom is 0.306 e. The van der Waals surface area contributed by atoms with Crippen molar-refractivity contribution >= 4 is 23.8 Å². The summed E-state index contributed by atoms with van der Waals surface area (Å²) in [7, 11) is 3.20. The molecule has 18 heteroatoms. The number of nitrogens with one attached hydrogen (secondary N) is 2. The monoisotopic (exact) mass is 768 g/mol. The molecule has 0 aromatic carbocycles. The number of terminal acetylenes is 1. The highest BCUT2D eigenvalue weighted by molar-refractivity contribution is 5.79. The summed E-state index contributed by atoms with van der Waals surface area (Å²) in [4.78, 5) is 49.3. The van der Waals surface area contributed by atoms with E-state index in [0.29, 0.717) is 77.8 Å². The molecule has 0 fully saturated rings. The van der Waals surface area contributed by atoms with Gasteiger partial charge >= 0.3 is 11.9 Å². The molecule has 2 amide bonds. The molecule has 18 nitrogen and oxygen atoms in total. The van der Waals surface area contributed by atoms with Crippen LogP contribution in [-0.4, -0.2) is 119 Å². The third-order valence-electron chi connectivity index (χ3n) is 7.11. The first kappa shape index (κ1) is 51.8. The lowest BCUT2D eigenvalue weighted by molar-refractivity contribution is -0.145. The molecule has 54 heavy (non-hydrogen) atoms. The molecule has 0 aliphatic heterocycles. The van der Waals surface area contributed by atoms with Crippen LogP contribution in [0.2, 0.25) is 0 Å². The van der Waals surface area contributed by atoms with Crippen LogP contribution in [0.1, 0.15) is 84.8 Å². The van der Waals surface area contributed by atoms with Gasteiger partial charge in [0.05, 0.1) is 45.8 Å². The first-order valence-electron chi connectivity index (χ1n) is 18.4. The highest BCUT2D eigenvalue weighted by atomic mass is 16.5. The van der Waals surface area contributed by atoms with Gasteiger partial charge in [0.1, 0.15) is 12.3 Å². The van der Waals surface area contributed by atoms with Crippen LogP contribution in [0, 0.1) is 24.2 Å². The van der Waals surface area contributed by atoms with Crippen LogP contribution in [0.3, 0.4) is 0 Å². The fourth-order valence-corrected chi connectivity index (χ4v) is 3.79. The number of rotatable bonds is 29. The fourth-order valence-electron chi connectivity index (χ4n) is 3.79. The third-order valence-corrected chi connectivity index (χ3v) is 7.11. The normalized spacial score (nSPS) is 11.2. The Bertz CT molecular complexity index is 1200. The summed E-state index contributed by atoms with van der Waals surface area (Å²) >= 11 is 0. The minimum absolute atomic E-state index is 0.0295. The summed E-state index contributed by atoms with van der Waals surface area (Å²) in [6.45, 7) is 13.0. The number of unbranched alkanes of at least 4 members (excludes halogenated alkanes) is 2. The number of esters is 2. The van der Waals surface area contributed by atoms with Crippen LogP contribution >= 0.6 is 0 Å². The molecule has 1 aromatic heterocycles. The van der Waals surface area contributed by atoms with Gasteiger partial charge < -0.3 is 39.1 Å². The molecule has 0 radical (unpaired) electrons. The quantitative estimate of drug-likeness (QED) is 0.0297. The molecule has 2 N–H and O–H groups in total. The van der Waals surface area contributed by atoms with Crippen LogP contribution in [0.4, 0.5) is 0 Å². The molecule has 308 valence electrons. The molecule has 0 saturated carbocycles. The molecule has 0 spiro atoms. The molecule has 1 heterocycles. The number of aromatic nitrogens is 3. The summed E-state index contributed by atoms with van der Waals surface area (Å²) in [5.74, 6) is 0.747. The van der Waals surface area contributed by atoms with Gasteiger partial charge in [-0.3, -0.25) is 23.9 Å². The highest BCUT2D eigenvalue weighted by Crippen LogP contribution is 2.08. The van der Waals surface area contributed by atoms with E-state index in [4.69, 9.17) is 40.4 Å². The third kappa shape index (κ3) is 33.6. The van der Waals surface area contributed by atoms with Crippen molar-refractivity contribution in [1.82, 2.24) is 25.6 Å². The van der Waals surface area contributed by atoms with E-state index in [1.165, 1.54) is 0 Å². The predicted molar refractivity (Wildman–Crippen MR) is 202 cm³/mol. The Balaban J connectivity index is 0. The number of methoxy groups -OCH3 is 2. The van der Waals surface area contributed by atoms with Crippen LogP contribution in [0.25, 0.3) is 10.4 Å². The molecule has 2 unspecified atom stereocenters. The lowest BCUT2D eigenvalue weighted by Gasteiger charge is -2.12. The van der Waals surface area contributed by atoms with Gasteiger partial charge in [0.2, 0.25) is 11.8 Å². The van der Waals surface area contributed by atoms with E-state index in [0.717, 1.165) is 32.2 Å². The van der Waals surface area contributed by atoms with Gasteiger partial charge in [0.25, 0.3) is 0 Å².